The van der Waals surface area contributed by atoms with Crippen molar-refractivity contribution in [2.75, 3.05) is 33.9 Å². The molecule has 0 aromatic heterocycles. The number of amides is 3. The number of halogens is 2. The van der Waals surface area contributed by atoms with Gasteiger partial charge in [0, 0.05) is 37.2 Å². The van der Waals surface area contributed by atoms with Crippen LogP contribution in [-0.4, -0.2) is 68.7 Å². The number of hydrogen-bond acceptors (Lipinski definition) is 7. The number of carbonyl (C=O) groups excluding carboxylic acids is 3. The second-order valence-corrected chi connectivity index (χ2v) is 11.4. The van der Waals surface area contributed by atoms with Crippen molar-refractivity contribution >= 4 is 17.7 Å². The lowest BCUT2D eigenvalue weighted by Crippen LogP contribution is -2.58. The van der Waals surface area contributed by atoms with E-state index in [1.807, 2.05) is 18.2 Å². The lowest BCUT2D eigenvalue weighted by molar-refractivity contribution is -0.123. The van der Waals surface area contributed by atoms with Gasteiger partial charge < -0.3 is 34.5 Å². The van der Waals surface area contributed by atoms with Crippen LogP contribution in [-0.2, 0) is 11.3 Å². The minimum atomic E-state index is -1.10. The molecule has 0 saturated carbocycles. The maximum Gasteiger partial charge on any atom is 0.258 e. The highest BCUT2D eigenvalue weighted by Gasteiger charge is 2.36. The highest BCUT2D eigenvalue weighted by molar-refractivity contribution is 5.97. The van der Waals surface area contributed by atoms with E-state index in [4.69, 9.17) is 18.9 Å². The highest BCUT2D eigenvalue weighted by atomic mass is 19.1. The summed E-state index contributed by atoms with van der Waals surface area (Å²) in [6.07, 6.45) is -0.261. The molecule has 0 spiro atoms. The molecule has 3 heterocycles. The first-order valence-electron chi connectivity index (χ1n) is 15.3. The molecule has 48 heavy (non-hydrogen) atoms. The second-order valence-electron chi connectivity index (χ2n) is 11.4. The van der Waals surface area contributed by atoms with Gasteiger partial charge in [-0.3, -0.25) is 14.4 Å². The summed E-state index contributed by atoms with van der Waals surface area (Å²) in [6, 6.07) is 20.5. The van der Waals surface area contributed by atoms with Crippen molar-refractivity contribution in [3.8, 4) is 34.1 Å². The van der Waals surface area contributed by atoms with Crippen LogP contribution in [0.15, 0.2) is 78.9 Å². The minimum Gasteiger partial charge on any atom is -0.496 e. The molecule has 7 rings (SSSR count). The summed E-state index contributed by atoms with van der Waals surface area (Å²) in [6.45, 7) is 0.260. The van der Waals surface area contributed by atoms with E-state index in [1.54, 1.807) is 48.5 Å². The van der Waals surface area contributed by atoms with E-state index >= 15 is 4.39 Å². The normalized spacial score (nSPS) is 18.0. The molecule has 1 saturated heterocycles. The minimum absolute atomic E-state index is 0.0130. The number of likely N-dealkylation sites (tertiary alicyclic amines) is 1. The Bertz CT molecular complexity index is 1850. The summed E-state index contributed by atoms with van der Waals surface area (Å²) in [5.41, 5.74) is 2.11. The Morgan fingerprint density at radius 2 is 1.73 bits per heavy atom. The van der Waals surface area contributed by atoms with Gasteiger partial charge >= 0.3 is 0 Å². The number of methoxy groups -OCH3 is 2. The van der Waals surface area contributed by atoms with Crippen molar-refractivity contribution in [1.82, 2.24) is 15.5 Å². The number of nitrogens with zero attached hydrogens (tertiary/aromatic N) is 1. The van der Waals surface area contributed by atoms with Gasteiger partial charge in [0.2, 0.25) is 0 Å². The van der Waals surface area contributed by atoms with E-state index in [0.29, 0.717) is 40.4 Å². The standard InChI is InChI=1S/C36H33F2N3O7/c1-45-30-13-8-23-17-27(30)22-4-3-5-25(16-22)47-20-32(42)39-18-21-6-9-24(10-7-21)48-31-14-15-41(19-29(31)40-35(23)43)36(44)26-11-12-28(37)34(46-2)33(26)38/h3-13,16-17,29,31H,14-15,18-20H2,1-2H3,(H,39,42)(H,40,43)/t29-,31-/m1/s1. The van der Waals surface area contributed by atoms with Crippen molar-refractivity contribution < 1.29 is 42.1 Å². The summed E-state index contributed by atoms with van der Waals surface area (Å²) in [4.78, 5) is 41.3. The van der Waals surface area contributed by atoms with Crippen LogP contribution < -0.4 is 29.6 Å². The molecule has 2 N–H and O–H groups in total. The molecule has 3 aliphatic heterocycles. The van der Waals surface area contributed by atoms with Crippen LogP contribution in [0.1, 0.15) is 32.7 Å². The lowest BCUT2D eigenvalue weighted by Gasteiger charge is -2.39. The topological polar surface area (TPSA) is 115 Å². The Morgan fingerprint density at radius 1 is 0.917 bits per heavy atom. The zero-order chi connectivity index (χ0) is 33.8. The molecule has 4 aromatic rings. The fourth-order valence-corrected chi connectivity index (χ4v) is 5.79. The molecule has 0 radical (unpaired) electrons. The fraction of sp³-hybridized carbons (Fsp3) is 0.250. The Balaban J connectivity index is 1.34. The summed E-state index contributed by atoms with van der Waals surface area (Å²) in [7, 11) is 2.64. The van der Waals surface area contributed by atoms with Gasteiger partial charge in [-0.25, -0.2) is 8.78 Å². The van der Waals surface area contributed by atoms with Gasteiger partial charge in [-0.05, 0) is 65.7 Å². The smallest absolute Gasteiger partial charge is 0.258 e. The van der Waals surface area contributed by atoms with Crippen molar-refractivity contribution in [2.45, 2.75) is 25.1 Å². The van der Waals surface area contributed by atoms with E-state index in [-0.39, 0.29) is 37.7 Å². The third kappa shape index (κ3) is 6.87. The average Bonchev–Trinajstić information content (AvgIpc) is 3.10. The lowest BCUT2D eigenvalue weighted by atomic mass is 9.98. The maximum absolute atomic E-state index is 15.1. The molecule has 12 heteroatoms. The van der Waals surface area contributed by atoms with Crippen LogP contribution >= 0.6 is 0 Å². The zero-order valence-corrected chi connectivity index (χ0v) is 26.3. The predicted molar refractivity (Wildman–Crippen MR) is 171 cm³/mol. The summed E-state index contributed by atoms with van der Waals surface area (Å²) < 4.78 is 51.7. The molecule has 1 fully saturated rings. The van der Waals surface area contributed by atoms with Crippen molar-refractivity contribution in [3.63, 3.8) is 0 Å². The van der Waals surface area contributed by atoms with Crippen LogP contribution in [0.2, 0.25) is 0 Å². The molecule has 6 bridgehead atoms. The number of carbonyl (C=O) groups is 3. The van der Waals surface area contributed by atoms with Crippen molar-refractivity contribution in [2.24, 2.45) is 0 Å². The first kappa shape index (κ1) is 32.3. The third-order valence-electron chi connectivity index (χ3n) is 8.31. The van der Waals surface area contributed by atoms with Crippen molar-refractivity contribution in [3.05, 3.63) is 107 Å². The highest BCUT2D eigenvalue weighted by Crippen LogP contribution is 2.33. The molecular weight excluding hydrogens is 624 g/mol. The maximum atomic E-state index is 15.1. The van der Waals surface area contributed by atoms with E-state index in [0.717, 1.165) is 24.8 Å². The number of rotatable bonds is 3. The molecule has 4 aromatic carbocycles. The SMILES string of the molecule is COc1ccc2cc1-c1cccc(c1)OCC(=O)NCc1ccc(cc1)O[C@@H]1CCN(C(=O)c3ccc(F)c(OC)c3F)C[C@H]1NC2=O. The fourth-order valence-electron chi connectivity index (χ4n) is 5.79. The molecule has 2 atom stereocenters. The molecule has 10 nitrogen and oxygen atoms in total. The average molecular weight is 658 g/mol. The largest absolute Gasteiger partial charge is 0.496 e. The summed E-state index contributed by atoms with van der Waals surface area (Å²) >= 11 is 0. The van der Waals surface area contributed by atoms with Crippen LogP contribution in [0, 0.1) is 11.6 Å². The van der Waals surface area contributed by atoms with Gasteiger partial charge in [-0.1, -0.05) is 24.3 Å². The summed E-state index contributed by atoms with van der Waals surface area (Å²) in [5.74, 6) is -2.59. The number of nitrogens with one attached hydrogen (secondary N) is 2. The van der Waals surface area contributed by atoms with Crippen LogP contribution in [0.25, 0.3) is 11.1 Å². The Labute approximate surface area is 275 Å². The van der Waals surface area contributed by atoms with Gasteiger partial charge in [0.15, 0.2) is 24.0 Å². The Hall–Kier alpha value is -5.65. The van der Waals surface area contributed by atoms with Gasteiger partial charge in [0.1, 0.15) is 23.4 Å². The molecule has 0 aliphatic carbocycles. The van der Waals surface area contributed by atoms with Gasteiger partial charge in [0.25, 0.3) is 17.7 Å². The predicted octanol–water partition coefficient (Wildman–Crippen LogP) is 4.75. The first-order chi connectivity index (χ1) is 23.2. The molecule has 3 aliphatic rings. The van der Waals surface area contributed by atoms with Crippen LogP contribution in [0.3, 0.4) is 0 Å². The molecular formula is C36H33F2N3O7. The molecule has 248 valence electrons. The number of benzene rings is 4. The Morgan fingerprint density at radius 3 is 2.50 bits per heavy atom. The van der Waals surface area contributed by atoms with Gasteiger partial charge in [0.05, 0.1) is 25.8 Å². The van der Waals surface area contributed by atoms with Crippen LogP contribution in [0.5, 0.6) is 23.0 Å². The zero-order valence-electron chi connectivity index (χ0n) is 26.3. The van der Waals surface area contributed by atoms with Crippen LogP contribution in [0.4, 0.5) is 8.78 Å². The molecule has 0 unspecified atom stereocenters. The second kappa shape index (κ2) is 14.0. The number of piperidine rings is 1. The molecule has 3 amide bonds. The van der Waals surface area contributed by atoms with Gasteiger partial charge in [-0.2, -0.15) is 0 Å². The van der Waals surface area contributed by atoms with Crippen molar-refractivity contribution in [1.29, 1.82) is 0 Å². The number of fused-ring (bicyclic) bond motifs is 7. The van der Waals surface area contributed by atoms with E-state index in [2.05, 4.69) is 10.6 Å². The number of hydrogen-bond donors (Lipinski definition) is 2. The first-order valence-corrected chi connectivity index (χ1v) is 15.3. The Kier molecular flexibility index (Phi) is 9.42. The van der Waals surface area contributed by atoms with Gasteiger partial charge in [-0.15, -0.1) is 0 Å². The monoisotopic (exact) mass is 657 g/mol. The third-order valence-corrected chi connectivity index (χ3v) is 8.31. The van der Waals surface area contributed by atoms with E-state index < -0.39 is 41.3 Å². The number of ether oxygens (including phenoxy) is 4. The summed E-state index contributed by atoms with van der Waals surface area (Å²) in [5, 5.41) is 5.86. The quantitative estimate of drug-likeness (QED) is 0.327. The van der Waals surface area contributed by atoms with E-state index in [1.165, 1.54) is 12.0 Å². The van der Waals surface area contributed by atoms with E-state index in [9.17, 15) is 18.8 Å².